The lowest BCUT2D eigenvalue weighted by Crippen LogP contribution is -2.36. The maximum absolute atomic E-state index is 13.1. The van der Waals surface area contributed by atoms with Crippen LogP contribution in [0, 0.1) is 6.92 Å². The van der Waals surface area contributed by atoms with Gasteiger partial charge in [0, 0.05) is 24.8 Å². The molecule has 0 spiro atoms. The number of aryl methyl sites for hydroxylation is 2. The molecule has 0 unspecified atom stereocenters. The second-order valence-corrected chi connectivity index (χ2v) is 7.66. The molecule has 2 aromatic rings. The molecular formula is C15H18ClF3N2O3S. The Morgan fingerprint density at radius 1 is 1.28 bits per heavy atom. The van der Waals surface area contributed by atoms with Crippen molar-refractivity contribution in [3.8, 4) is 0 Å². The van der Waals surface area contributed by atoms with Gasteiger partial charge >= 0.3 is 6.18 Å². The van der Waals surface area contributed by atoms with Gasteiger partial charge in [0.2, 0.25) is 0 Å². The van der Waals surface area contributed by atoms with Crippen LogP contribution < -0.4 is 4.57 Å². The molecule has 0 atom stereocenters. The Balaban J connectivity index is 2.46. The van der Waals surface area contributed by atoms with E-state index >= 15 is 0 Å². The fourth-order valence-electron chi connectivity index (χ4n) is 2.93. The maximum atomic E-state index is 13.1. The van der Waals surface area contributed by atoms with Gasteiger partial charge in [-0.2, -0.15) is 13.2 Å². The van der Waals surface area contributed by atoms with Crippen LogP contribution in [-0.4, -0.2) is 23.3 Å². The molecule has 25 heavy (non-hydrogen) atoms. The summed E-state index contributed by atoms with van der Waals surface area (Å²) in [6.07, 6.45) is -4.06. The Hall–Kier alpha value is -1.32. The number of halogens is 4. The molecule has 5 nitrogen and oxygen atoms in total. The van der Waals surface area contributed by atoms with Gasteiger partial charge in [0.05, 0.1) is 33.8 Å². The Bertz CT molecular complexity index is 892. The Morgan fingerprint density at radius 3 is 2.44 bits per heavy atom. The minimum absolute atomic E-state index is 0.150. The van der Waals surface area contributed by atoms with Gasteiger partial charge in [0.25, 0.3) is 5.82 Å². The monoisotopic (exact) mass is 398 g/mol. The SMILES string of the molecule is CCn1c(C)[n+](CCCCS(=O)(=O)[O-])c2cc(C(F)(F)F)c(Cl)cc21. The van der Waals surface area contributed by atoms with Crippen LogP contribution in [0.2, 0.25) is 5.02 Å². The molecule has 0 fully saturated rings. The fraction of sp³-hybridized carbons (Fsp3) is 0.533. The van der Waals surface area contributed by atoms with Crippen LogP contribution >= 0.6 is 11.6 Å². The van der Waals surface area contributed by atoms with Gasteiger partial charge in [-0.1, -0.05) is 11.6 Å². The van der Waals surface area contributed by atoms with Crippen molar-refractivity contribution in [2.75, 3.05) is 5.75 Å². The van der Waals surface area contributed by atoms with Crippen molar-refractivity contribution in [1.82, 2.24) is 4.57 Å². The highest BCUT2D eigenvalue weighted by molar-refractivity contribution is 7.85. The summed E-state index contributed by atoms with van der Waals surface area (Å²) in [5.74, 6) is 0.247. The molecule has 0 radical (unpaired) electrons. The van der Waals surface area contributed by atoms with Crippen LogP contribution in [0.5, 0.6) is 0 Å². The van der Waals surface area contributed by atoms with Crippen LogP contribution in [-0.2, 0) is 29.4 Å². The number of hydrogen-bond donors (Lipinski definition) is 0. The standard InChI is InChI=1S/C15H18ClF3N2O3S/c1-3-20-10(2)21(6-4-5-7-25(22,23)24)13-8-11(15(17,18)19)12(16)9-14(13)20/h8-9H,3-7H2,1-2H3. The van der Waals surface area contributed by atoms with Gasteiger partial charge in [-0.3, -0.25) is 0 Å². The predicted molar refractivity (Wildman–Crippen MR) is 86.4 cm³/mol. The van der Waals surface area contributed by atoms with Crippen molar-refractivity contribution in [2.45, 2.75) is 46.0 Å². The number of hydrogen-bond acceptors (Lipinski definition) is 3. The molecule has 10 heteroatoms. The minimum atomic E-state index is -4.57. The number of nitrogens with zero attached hydrogens (tertiary/aromatic N) is 2. The third-order valence-corrected chi connectivity index (χ3v) is 5.18. The molecule has 140 valence electrons. The van der Waals surface area contributed by atoms with Crippen LogP contribution in [0.4, 0.5) is 13.2 Å². The number of fused-ring (bicyclic) bond motifs is 1. The molecule has 1 heterocycles. The quantitative estimate of drug-likeness (QED) is 0.426. The van der Waals surface area contributed by atoms with E-state index < -0.39 is 27.6 Å². The van der Waals surface area contributed by atoms with E-state index in [2.05, 4.69) is 0 Å². The molecule has 0 aliphatic rings. The van der Waals surface area contributed by atoms with Gasteiger partial charge < -0.3 is 4.55 Å². The summed E-state index contributed by atoms with van der Waals surface area (Å²) in [5, 5.41) is -0.364. The van der Waals surface area contributed by atoms with E-state index in [1.807, 2.05) is 11.5 Å². The highest BCUT2D eigenvalue weighted by atomic mass is 35.5. The molecule has 0 saturated carbocycles. The maximum Gasteiger partial charge on any atom is 0.418 e. The number of alkyl halides is 3. The Labute approximate surface area is 148 Å². The van der Waals surface area contributed by atoms with Crippen LogP contribution in [0.3, 0.4) is 0 Å². The first kappa shape index (κ1) is 20.0. The summed E-state index contributed by atoms with van der Waals surface area (Å²) in [7, 11) is -4.29. The molecule has 0 N–H and O–H groups in total. The lowest BCUT2D eigenvalue weighted by Gasteiger charge is -2.08. The smallest absolute Gasteiger partial charge is 0.418 e. The number of rotatable bonds is 6. The lowest BCUT2D eigenvalue weighted by molar-refractivity contribution is -0.678. The average Bonchev–Trinajstić information content (AvgIpc) is 2.71. The van der Waals surface area contributed by atoms with Crippen molar-refractivity contribution in [2.24, 2.45) is 0 Å². The van der Waals surface area contributed by atoms with E-state index in [9.17, 15) is 26.1 Å². The second kappa shape index (κ2) is 7.13. The van der Waals surface area contributed by atoms with Gasteiger partial charge in [-0.15, -0.1) is 0 Å². The van der Waals surface area contributed by atoms with E-state index in [0.29, 0.717) is 30.5 Å². The van der Waals surface area contributed by atoms with Crippen molar-refractivity contribution in [1.29, 1.82) is 0 Å². The largest absolute Gasteiger partial charge is 0.748 e. The highest BCUT2D eigenvalue weighted by Gasteiger charge is 2.35. The van der Waals surface area contributed by atoms with E-state index in [1.165, 1.54) is 6.07 Å². The normalized spacial score (nSPS) is 12.9. The summed E-state index contributed by atoms with van der Waals surface area (Å²) >= 11 is 5.81. The molecule has 0 aliphatic heterocycles. The highest BCUT2D eigenvalue weighted by Crippen LogP contribution is 2.36. The summed E-state index contributed by atoms with van der Waals surface area (Å²) in [6.45, 7) is 4.50. The summed E-state index contributed by atoms with van der Waals surface area (Å²) < 4.78 is 74.9. The first-order valence-corrected chi connectivity index (χ1v) is 9.64. The van der Waals surface area contributed by atoms with Crippen molar-refractivity contribution in [3.63, 3.8) is 0 Å². The summed E-state index contributed by atoms with van der Waals surface area (Å²) in [4.78, 5) is 0. The third-order valence-electron chi connectivity index (χ3n) is 4.07. The first-order chi connectivity index (χ1) is 11.5. The second-order valence-electron chi connectivity index (χ2n) is 5.73. The van der Waals surface area contributed by atoms with Crippen molar-refractivity contribution >= 4 is 32.8 Å². The topological polar surface area (TPSA) is 66.0 Å². The zero-order valence-electron chi connectivity index (χ0n) is 13.7. The molecule has 0 amide bonds. The van der Waals surface area contributed by atoms with Gasteiger partial charge in [0.1, 0.15) is 0 Å². The first-order valence-electron chi connectivity index (χ1n) is 7.68. The van der Waals surface area contributed by atoms with Gasteiger partial charge in [-0.25, -0.2) is 17.6 Å². The number of imidazole rings is 1. The molecule has 2 rings (SSSR count). The molecular weight excluding hydrogens is 381 g/mol. The fourth-order valence-corrected chi connectivity index (χ4v) is 3.75. The van der Waals surface area contributed by atoms with Crippen LogP contribution in [0.25, 0.3) is 11.0 Å². The average molecular weight is 399 g/mol. The lowest BCUT2D eigenvalue weighted by atomic mass is 10.2. The third kappa shape index (κ3) is 4.45. The van der Waals surface area contributed by atoms with E-state index in [1.54, 1.807) is 11.5 Å². The van der Waals surface area contributed by atoms with Gasteiger partial charge in [0.15, 0.2) is 11.0 Å². The van der Waals surface area contributed by atoms with Crippen LogP contribution in [0.1, 0.15) is 31.2 Å². The van der Waals surface area contributed by atoms with Crippen molar-refractivity contribution < 1.29 is 30.7 Å². The Morgan fingerprint density at radius 2 is 1.92 bits per heavy atom. The summed E-state index contributed by atoms with van der Waals surface area (Å²) in [5.41, 5.74) is 0.0429. The van der Waals surface area contributed by atoms with Gasteiger partial charge in [-0.05, 0) is 19.8 Å². The molecule has 1 aromatic heterocycles. The molecule has 0 bridgehead atoms. The molecule has 0 aliphatic carbocycles. The summed E-state index contributed by atoms with van der Waals surface area (Å²) in [6, 6.07) is 2.32. The van der Waals surface area contributed by atoms with E-state index in [-0.39, 0.29) is 11.4 Å². The van der Waals surface area contributed by atoms with E-state index in [4.69, 9.17) is 11.6 Å². The predicted octanol–water partition coefficient (Wildman–Crippen LogP) is 3.25. The number of benzene rings is 1. The zero-order valence-corrected chi connectivity index (χ0v) is 15.3. The van der Waals surface area contributed by atoms with Crippen molar-refractivity contribution in [3.05, 3.63) is 28.5 Å². The minimum Gasteiger partial charge on any atom is -0.748 e. The molecule has 0 saturated heterocycles. The number of aromatic nitrogens is 2. The Kier molecular flexibility index (Phi) is 5.70. The molecule has 1 aromatic carbocycles. The van der Waals surface area contributed by atoms with Crippen LogP contribution in [0.15, 0.2) is 12.1 Å². The zero-order chi connectivity index (χ0) is 19.0. The number of unbranched alkanes of at least 4 members (excludes halogenated alkanes) is 1. The van der Waals surface area contributed by atoms with E-state index in [0.717, 1.165) is 11.9 Å².